The summed E-state index contributed by atoms with van der Waals surface area (Å²) >= 11 is 0. The van der Waals surface area contributed by atoms with Crippen LogP contribution in [0.15, 0.2) is 66.7 Å². The molecule has 0 N–H and O–H groups in total. The summed E-state index contributed by atoms with van der Waals surface area (Å²) in [6, 6.07) is 23.9. The molecule has 0 radical (unpaired) electrons. The van der Waals surface area contributed by atoms with E-state index < -0.39 is 0 Å². The second kappa shape index (κ2) is 7.98. The summed E-state index contributed by atoms with van der Waals surface area (Å²) in [5.41, 5.74) is 2.88. The molecule has 0 saturated heterocycles. The minimum atomic E-state index is 0. The van der Waals surface area contributed by atoms with Gasteiger partial charge in [0.1, 0.15) is 0 Å². The van der Waals surface area contributed by atoms with E-state index in [-0.39, 0.29) is 42.8 Å². The van der Waals surface area contributed by atoms with Gasteiger partial charge in [0.2, 0.25) is 0 Å². The van der Waals surface area contributed by atoms with Crippen LogP contribution < -0.4 is 18.9 Å². The van der Waals surface area contributed by atoms with Crippen LogP contribution in [0.5, 0.6) is 0 Å². The first-order valence-electron chi connectivity index (χ1n) is 6.53. The third-order valence-corrected chi connectivity index (χ3v) is 3.67. The van der Waals surface area contributed by atoms with Gasteiger partial charge in [-0.15, -0.1) is 64.6 Å². The maximum atomic E-state index is 2.30. The minimum absolute atomic E-state index is 0. The summed E-state index contributed by atoms with van der Waals surface area (Å²) in [4.78, 5) is 0. The second-order valence-corrected chi connectivity index (χ2v) is 4.96. The largest absolute Gasteiger partial charge is 1.00 e. The smallest absolute Gasteiger partial charge is 0.168 e. The Morgan fingerprint density at radius 1 is 0.900 bits per heavy atom. The number of benzene rings is 2. The van der Waals surface area contributed by atoms with Crippen LogP contribution in [0.25, 0.3) is 10.8 Å². The second-order valence-electron chi connectivity index (χ2n) is 4.96. The quantitative estimate of drug-likeness (QED) is 0.379. The Balaban J connectivity index is 0.000001000. The monoisotopic (exact) mass is 368 g/mol. The summed E-state index contributed by atoms with van der Waals surface area (Å²) in [5, 5.41) is 2.76. The zero-order chi connectivity index (χ0) is 12.4. The van der Waals surface area contributed by atoms with Gasteiger partial charge in [-0.2, -0.15) is 6.07 Å². The van der Waals surface area contributed by atoms with E-state index >= 15 is 0 Å². The number of halogens is 1. The molecule has 0 aliphatic carbocycles. The zero-order valence-electron chi connectivity index (χ0n) is 12.0. The molecule has 1 atom stereocenters. The van der Waals surface area contributed by atoms with Crippen LogP contribution in [0.2, 0.25) is 0 Å². The molecule has 0 aliphatic heterocycles. The van der Waals surface area contributed by atoms with Gasteiger partial charge in [0.15, 0.2) is 0 Å². The van der Waals surface area contributed by atoms with Crippen LogP contribution in [-0.4, -0.2) is 0 Å². The number of hydrogen-bond donors (Lipinski definition) is 0. The van der Waals surface area contributed by atoms with Crippen molar-refractivity contribution in [1.82, 2.24) is 0 Å². The Morgan fingerprint density at radius 3 is 2.30 bits per heavy atom. The molecule has 20 heavy (non-hydrogen) atoms. The van der Waals surface area contributed by atoms with Crippen LogP contribution in [0.1, 0.15) is 24.0 Å². The van der Waals surface area contributed by atoms with Gasteiger partial charge in [-0.3, -0.25) is 0 Å². The predicted octanol–water partition coefficient (Wildman–Crippen LogP) is 2.53. The van der Waals surface area contributed by atoms with Gasteiger partial charge in [-0.25, -0.2) is 0 Å². The van der Waals surface area contributed by atoms with E-state index in [2.05, 4.69) is 73.7 Å². The Morgan fingerprint density at radius 2 is 1.55 bits per heavy atom. The van der Waals surface area contributed by atoms with Crippen molar-refractivity contribution in [3.05, 3.63) is 77.9 Å². The van der Waals surface area contributed by atoms with Crippen LogP contribution >= 0.6 is 24.0 Å². The van der Waals surface area contributed by atoms with Crippen molar-refractivity contribution < 1.29 is 18.9 Å². The van der Waals surface area contributed by atoms with Gasteiger partial charge in [-0.05, 0) is 11.5 Å². The summed E-state index contributed by atoms with van der Waals surface area (Å²) < 4.78 is 0. The standard InChI is InChI=1S/C18H17.HI.Li/c1-14(15-7-3-2-4-8-15)13-17-12-11-16-9-5-6-10-18(16)17;;/h2-12,14H,13H2,1H3;1H;/q-1;;+1. The van der Waals surface area contributed by atoms with E-state index in [1.54, 1.807) is 0 Å². The molecule has 0 heterocycles. The maximum absolute atomic E-state index is 2.30. The van der Waals surface area contributed by atoms with Crippen molar-refractivity contribution in [2.45, 2.75) is 19.3 Å². The fourth-order valence-electron chi connectivity index (χ4n) is 2.62. The van der Waals surface area contributed by atoms with Crippen molar-refractivity contribution in [2.24, 2.45) is 0 Å². The Kier molecular flexibility index (Phi) is 6.95. The van der Waals surface area contributed by atoms with Crippen LogP contribution in [-0.2, 0) is 6.42 Å². The van der Waals surface area contributed by atoms with Gasteiger partial charge >= 0.3 is 18.9 Å². The molecule has 0 fully saturated rings. The van der Waals surface area contributed by atoms with Gasteiger partial charge in [0, 0.05) is 0 Å². The zero-order valence-corrected chi connectivity index (χ0v) is 14.4. The van der Waals surface area contributed by atoms with Crippen molar-refractivity contribution in [3.63, 3.8) is 0 Å². The summed E-state index contributed by atoms with van der Waals surface area (Å²) in [6.45, 7) is 2.30. The average molecular weight is 368 g/mol. The average Bonchev–Trinajstić information content (AvgIpc) is 2.83. The molecule has 3 aromatic rings. The molecule has 98 valence electrons. The topological polar surface area (TPSA) is 0 Å². The fourth-order valence-corrected chi connectivity index (χ4v) is 2.62. The molecule has 0 amide bonds. The first kappa shape index (κ1) is 17.4. The molecule has 0 aliphatic rings. The SMILES string of the molecule is CC(C[c-]1ccc2ccccc21)c1ccccc1.I.[Li+]. The van der Waals surface area contributed by atoms with Gasteiger partial charge < -0.3 is 0 Å². The molecule has 3 aromatic carbocycles. The molecule has 0 bridgehead atoms. The molecule has 0 spiro atoms. The van der Waals surface area contributed by atoms with Crippen LogP contribution in [0.3, 0.4) is 0 Å². The number of rotatable bonds is 3. The number of hydrogen-bond acceptors (Lipinski definition) is 0. The molecular formula is C18H18ILi. The molecule has 1 unspecified atom stereocenters. The van der Waals surface area contributed by atoms with Gasteiger partial charge in [0.05, 0.1) is 0 Å². The Bertz CT molecular complexity index is 643. The van der Waals surface area contributed by atoms with E-state index in [9.17, 15) is 0 Å². The van der Waals surface area contributed by atoms with E-state index in [0.29, 0.717) is 5.92 Å². The predicted molar refractivity (Wildman–Crippen MR) is 93.5 cm³/mol. The first-order chi connectivity index (χ1) is 8.84. The molecule has 0 saturated carbocycles. The van der Waals surface area contributed by atoms with E-state index in [4.69, 9.17) is 0 Å². The third-order valence-electron chi connectivity index (χ3n) is 3.67. The molecular weight excluding hydrogens is 350 g/mol. The Hall–Kier alpha value is -0.623. The summed E-state index contributed by atoms with van der Waals surface area (Å²) in [7, 11) is 0. The van der Waals surface area contributed by atoms with Crippen molar-refractivity contribution in [3.8, 4) is 0 Å². The van der Waals surface area contributed by atoms with Crippen molar-refractivity contribution in [1.29, 1.82) is 0 Å². The van der Waals surface area contributed by atoms with E-state index in [1.807, 2.05) is 0 Å². The van der Waals surface area contributed by atoms with Crippen LogP contribution in [0, 0.1) is 0 Å². The number of fused-ring (bicyclic) bond motifs is 1. The van der Waals surface area contributed by atoms with Crippen LogP contribution in [0.4, 0.5) is 0 Å². The normalized spacial score (nSPS) is 11.4. The van der Waals surface area contributed by atoms with E-state index in [0.717, 1.165) is 6.42 Å². The molecule has 0 aromatic heterocycles. The molecule has 2 heteroatoms. The van der Waals surface area contributed by atoms with Crippen molar-refractivity contribution in [2.75, 3.05) is 0 Å². The van der Waals surface area contributed by atoms with Gasteiger partial charge in [-0.1, -0.05) is 49.7 Å². The Labute approximate surface area is 150 Å². The fraction of sp³-hybridized carbons (Fsp3) is 0.167. The minimum Gasteiger partial charge on any atom is -0.168 e. The maximum Gasteiger partial charge on any atom is 1.00 e. The van der Waals surface area contributed by atoms with Crippen molar-refractivity contribution >= 4 is 34.7 Å². The molecule has 0 nitrogen and oxygen atoms in total. The third kappa shape index (κ3) is 3.72. The first-order valence-corrected chi connectivity index (χ1v) is 6.53. The summed E-state index contributed by atoms with van der Waals surface area (Å²) in [6.07, 6.45) is 1.11. The molecule has 3 rings (SSSR count). The van der Waals surface area contributed by atoms with E-state index in [1.165, 1.54) is 21.9 Å². The summed E-state index contributed by atoms with van der Waals surface area (Å²) in [5.74, 6) is 0.567. The van der Waals surface area contributed by atoms with Gasteiger partial charge in [0.25, 0.3) is 0 Å².